The third-order valence-corrected chi connectivity index (χ3v) is 4.48. The zero-order valence-corrected chi connectivity index (χ0v) is 13.1. The molecule has 0 bridgehead atoms. The summed E-state index contributed by atoms with van der Waals surface area (Å²) in [5, 5.41) is 13.7. The van der Waals surface area contributed by atoms with E-state index in [4.69, 9.17) is 0 Å². The van der Waals surface area contributed by atoms with Gasteiger partial charge in [-0.1, -0.05) is 30.3 Å². The van der Waals surface area contributed by atoms with Gasteiger partial charge in [-0.3, -0.25) is 14.3 Å². The van der Waals surface area contributed by atoms with Crippen LogP contribution in [0.25, 0.3) is 0 Å². The van der Waals surface area contributed by atoms with Crippen molar-refractivity contribution in [3.63, 3.8) is 0 Å². The van der Waals surface area contributed by atoms with Gasteiger partial charge in [0.05, 0.1) is 5.92 Å². The Morgan fingerprint density at radius 3 is 2.48 bits per heavy atom. The van der Waals surface area contributed by atoms with Gasteiger partial charge in [0, 0.05) is 31.7 Å². The number of hydrogen-bond acceptors (Lipinski definition) is 3. The largest absolute Gasteiger partial charge is 0.481 e. The van der Waals surface area contributed by atoms with E-state index >= 15 is 0 Å². The van der Waals surface area contributed by atoms with Gasteiger partial charge in [-0.2, -0.15) is 5.10 Å². The van der Waals surface area contributed by atoms with Crippen molar-refractivity contribution in [1.82, 2.24) is 14.7 Å². The van der Waals surface area contributed by atoms with Gasteiger partial charge in [0.1, 0.15) is 0 Å². The molecule has 3 rings (SSSR count). The molecular weight excluding hydrogens is 294 g/mol. The zero-order chi connectivity index (χ0) is 16.6. The molecule has 0 unspecified atom stereocenters. The molecule has 1 amide bonds. The van der Waals surface area contributed by atoms with E-state index in [2.05, 4.69) is 5.10 Å². The monoisotopic (exact) mass is 313 g/mol. The summed E-state index contributed by atoms with van der Waals surface area (Å²) in [7, 11) is 1.78. The average Bonchev–Trinajstić information content (AvgIpc) is 3.12. The number of hydrogen-bond donors (Lipinski definition) is 1. The van der Waals surface area contributed by atoms with Gasteiger partial charge in [-0.15, -0.1) is 0 Å². The molecule has 2 heterocycles. The number of carbonyl (C=O) groups excluding carboxylic acids is 1. The zero-order valence-electron chi connectivity index (χ0n) is 13.1. The maximum absolute atomic E-state index is 12.6. The predicted molar refractivity (Wildman–Crippen MR) is 84.2 cm³/mol. The summed E-state index contributed by atoms with van der Waals surface area (Å²) >= 11 is 0. The molecule has 2 atom stereocenters. The lowest BCUT2D eigenvalue weighted by Crippen LogP contribution is -2.30. The number of nitrogens with zero attached hydrogens (tertiary/aromatic N) is 3. The van der Waals surface area contributed by atoms with Crippen LogP contribution in [0.5, 0.6) is 0 Å². The minimum atomic E-state index is -0.869. The van der Waals surface area contributed by atoms with Gasteiger partial charge in [0.15, 0.2) is 5.69 Å². The Balaban J connectivity index is 1.85. The van der Waals surface area contributed by atoms with Crippen LogP contribution in [0.15, 0.2) is 36.4 Å². The number of likely N-dealkylation sites (tertiary alicyclic amines) is 1. The number of carboxylic acid groups (broad SMARTS) is 1. The number of carbonyl (C=O) groups is 2. The number of rotatable bonds is 3. The fourth-order valence-corrected chi connectivity index (χ4v) is 3.08. The highest BCUT2D eigenvalue weighted by molar-refractivity contribution is 5.93. The molecule has 1 aliphatic rings. The summed E-state index contributed by atoms with van der Waals surface area (Å²) in [6.07, 6.45) is 0. The Hall–Kier alpha value is -2.63. The topological polar surface area (TPSA) is 75.4 Å². The summed E-state index contributed by atoms with van der Waals surface area (Å²) in [5.74, 6) is -1.86. The molecule has 1 aromatic carbocycles. The van der Waals surface area contributed by atoms with Gasteiger partial charge in [-0.25, -0.2) is 0 Å². The van der Waals surface area contributed by atoms with E-state index in [0.29, 0.717) is 12.2 Å². The van der Waals surface area contributed by atoms with Crippen LogP contribution < -0.4 is 0 Å². The molecule has 1 aliphatic heterocycles. The first-order chi connectivity index (χ1) is 11.0. The van der Waals surface area contributed by atoms with Crippen molar-refractivity contribution < 1.29 is 14.7 Å². The highest BCUT2D eigenvalue weighted by Gasteiger charge is 2.41. The molecule has 6 heteroatoms. The number of aryl methyl sites for hydroxylation is 2. The molecule has 0 radical (unpaired) electrons. The molecule has 23 heavy (non-hydrogen) atoms. The third-order valence-electron chi connectivity index (χ3n) is 4.48. The van der Waals surface area contributed by atoms with E-state index < -0.39 is 11.9 Å². The van der Waals surface area contributed by atoms with Crippen molar-refractivity contribution in [3.8, 4) is 0 Å². The van der Waals surface area contributed by atoms with Crippen LogP contribution in [0, 0.1) is 12.8 Å². The van der Waals surface area contributed by atoms with Crippen LogP contribution in [-0.2, 0) is 11.8 Å². The van der Waals surface area contributed by atoms with Gasteiger partial charge in [-0.05, 0) is 18.6 Å². The predicted octanol–water partition coefficient (Wildman–Crippen LogP) is 1.67. The Bertz CT molecular complexity index is 719. The van der Waals surface area contributed by atoms with Crippen molar-refractivity contribution in [2.45, 2.75) is 12.8 Å². The first kappa shape index (κ1) is 15.3. The van der Waals surface area contributed by atoms with Gasteiger partial charge in [0.25, 0.3) is 5.91 Å². The standard InChI is InChI=1S/C17H19N3O3/c1-11-8-15(18-19(11)2)16(21)20-9-13(14(10-20)17(22)23)12-6-4-3-5-7-12/h3-8,13-14H,9-10H2,1-2H3,(H,22,23)/t13-,14-/m0/s1. The van der Waals surface area contributed by atoms with Crippen LogP contribution in [0.1, 0.15) is 27.7 Å². The molecule has 0 spiro atoms. The maximum Gasteiger partial charge on any atom is 0.308 e. The molecule has 0 saturated carbocycles. The fraction of sp³-hybridized carbons (Fsp3) is 0.353. The summed E-state index contributed by atoms with van der Waals surface area (Å²) in [4.78, 5) is 25.8. The minimum Gasteiger partial charge on any atom is -0.481 e. The normalized spacial score (nSPS) is 20.7. The first-order valence-electron chi connectivity index (χ1n) is 7.55. The third kappa shape index (κ3) is 2.84. The minimum absolute atomic E-state index is 0.192. The number of aliphatic carboxylic acids is 1. The number of aromatic nitrogens is 2. The molecule has 1 aromatic heterocycles. The molecule has 120 valence electrons. The summed E-state index contributed by atoms with van der Waals surface area (Å²) < 4.78 is 1.65. The molecule has 1 saturated heterocycles. The molecule has 0 aliphatic carbocycles. The van der Waals surface area contributed by atoms with E-state index in [0.717, 1.165) is 11.3 Å². The highest BCUT2D eigenvalue weighted by atomic mass is 16.4. The van der Waals surface area contributed by atoms with E-state index in [9.17, 15) is 14.7 Å². The van der Waals surface area contributed by atoms with Crippen LogP contribution in [0.3, 0.4) is 0 Å². The quantitative estimate of drug-likeness (QED) is 0.935. The second-order valence-electron chi connectivity index (χ2n) is 5.97. The van der Waals surface area contributed by atoms with Crippen molar-refractivity contribution in [1.29, 1.82) is 0 Å². The lowest BCUT2D eigenvalue weighted by Gasteiger charge is -2.15. The van der Waals surface area contributed by atoms with Crippen LogP contribution in [0.4, 0.5) is 0 Å². The molecule has 6 nitrogen and oxygen atoms in total. The number of benzene rings is 1. The molecular formula is C17H19N3O3. The van der Waals surface area contributed by atoms with E-state index in [1.165, 1.54) is 0 Å². The van der Waals surface area contributed by atoms with Gasteiger partial charge < -0.3 is 10.0 Å². The van der Waals surface area contributed by atoms with Crippen LogP contribution >= 0.6 is 0 Å². The summed E-state index contributed by atoms with van der Waals surface area (Å²) in [6.45, 7) is 2.49. The molecule has 1 N–H and O–H groups in total. The Kier molecular flexibility index (Phi) is 3.90. The van der Waals surface area contributed by atoms with E-state index in [1.807, 2.05) is 37.3 Å². The average molecular weight is 313 g/mol. The maximum atomic E-state index is 12.6. The van der Waals surface area contributed by atoms with Gasteiger partial charge >= 0.3 is 5.97 Å². The summed E-state index contributed by atoms with van der Waals surface area (Å²) in [6, 6.07) is 11.2. The summed E-state index contributed by atoms with van der Waals surface area (Å²) in [5.41, 5.74) is 2.21. The van der Waals surface area contributed by atoms with Crippen molar-refractivity contribution in [3.05, 3.63) is 53.3 Å². The Morgan fingerprint density at radius 2 is 1.91 bits per heavy atom. The van der Waals surface area contributed by atoms with Crippen molar-refractivity contribution >= 4 is 11.9 Å². The lowest BCUT2D eigenvalue weighted by molar-refractivity contribution is -0.141. The SMILES string of the molecule is Cc1cc(C(=O)N2C[C@H](C(=O)O)[C@H](c3ccccc3)C2)nn1C. The van der Waals surface area contributed by atoms with E-state index in [1.54, 1.807) is 22.7 Å². The van der Waals surface area contributed by atoms with E-state index in [-0.39, 0.29) is 18.4 Å². The molecule has 1 fully saturated rings. The Labute approximate surface area is 134 Å². The first-order valence-corrected chi connectivity index (χ1v) is 7.55. The van der Waals surface area contributed by atoms with Gasteiger partial charge in [0.2, 0.25) is 0 Å². The van der Waals surface area contributed by atoms with Crippen molar-refractivity contribution in [2.75, 3.05) is 13.1 Å². The van der Waals surface area contributed by atoms with Crippen molar-refractivity contribution in [2.24, 2.45) is 13.0 Å². The van der Waals surface area contributed by atoms with Crippen LogP contribution in [0.2, 0.25) is 0 Å². The highest BCUT2D eigenvalue weighted by Crippen LogP contribution is 2.33. The number of amides is 1. The Morgan fingerprint density at radius 1 is 1.22 bits per heavy atom. The second-order valence-corrected chi connectivity index (χ2v) is 5.97. The molecule has 2 aromatic rings. The fourth-order valence-electron chi connectivity index (χ4n) is 3.08. The number of carboxylic acids is 1. The smallest absolute Gasteiger partial charge is 0.308 e. The van der Waals surface area contributed by atoms with Crippen LogP contribution in [-0.4, -0.2) is 44.8 Å². The lowest BCUT2D eigenvalue weighted by atomic mass is 9.89. The second kappa shape index (κ2) is 5.87.